The fourth-order valence-corrected chi connectivity index (χ4v) is 2.56. The number of rotatable bonds is 12. The van der Waals surface area contributed by atoms with Crippen molar-refractivity contribution in [3.63, 3.8) is 0 Å². The van der Waals surface area contributed by atoms with Crippen molar-refractivity contribution >= 4 is 0 Å². The molecule has 0 radical (unpaired) electrons. The van der Waals surface area contributed by atoms with Gasteiger partial charge >= 0.3 is 0 Å². The lowest BCUT2D eigenvalue weighted by Crippen LogP contribution is -2.25. The highest BCUT2D eigenvalue weighted by atomic mass is 16.5. The summed E-state index contributed by atoms with van der Waals surface area (Å²) in [7, 11) is 1.75. The SMILES string of the molecule is CCCCCCCC(CNCCOC)c1ccccc1. The highest BCUT2D eigenvalue weighted by Crippen LogP contribution is 2.22. The van der Waals surface area contributed by atoms with Gasteiger partial charge in [0.1, 0.15) is 0 Å². The van der Waals surface area contributed by atoms with Crippen molar-refractivity contribution in [3.05, 3.63) is 35.9 Å². The first-order valence-electron chi connectivity index (χ1n) is 8.13. The third-order valence-electron chi connectivity index (χ3n) is 3.80. The van der Waals surface area contributed by atoms with Crippen LogP contribution in [0.2, 0.25) is 0 Å². The number of hydrogen-bond acceptors (Lipinski definition) is 2. The molecule has 2 heteroatoms. The maximum atomic E-state index is 5.09. The Balaban J connectivity index is 2.35. The van der Waals surface area contributed by atoms with Crippen LogP contribution in [0.25, 0.3) is 0 Å². The van der Waals surface area contributed by atoms with Gasteiger partial charge in [0, 0.05) is 20.2 Å². The van der Waals surface area contributed by atoms with E-state index in [4.69, 9.17) is 4.74 Å². The summed E-state index contributed by atoms with van der Waals surface area (Å²) < 4.78 is 5.09. The Morgan fingerprint density at radius 3 is 2.50 bits per heavy atom. The van der Waals surface area contributed by atoms with Gasteiger partial charge in [-0.15, -0.1) is 0 Å². The molecule has 0 aromatic heterocycles. The molecule has 0 amide bonds. The molecule has 1 atom stereocenters. The van der Waals surface area contributed by atoms with Gasteiger partial charge in [0.25, 0.3) is 0 Å². The molecule has 1 aromatic rings. The zero-order valence-electron chi connectivity index (χ0n) is 13.2. The van der Waals surface area contributed by atoms with E-state index in [1.807, 2.05) is 0 Å². The van der Waals surface area contributed by atoms with E-state index in [1.54, 1.807) is 7.11 Å². The van der Waals surface area contributed by atoms with Gasteiger partial charge in [-0.3, -0.25) is 0 Å². The topological polar surface area (TPSA) is 21.3 Å². The van der Waals surface area contributed by atoms with E-state index in [2.05, 4.69) is 42.6 Å². The number of nitrogens with one attached hydrogen (secondary N) is 1. The lowest BCUT2D eigenvalue weighted by molar-refractivity contribution is 0.198. The largest absolute Gasteiger partial charge is 0.383 e. The normalized spacial score (nSPS) is 12.5. The van der Waals surface area contributed by atoms with Crippen LogP contribution < -0.4 is 5.32 Å². The number of unbranched alkanes of at least 4 members (excludes halogenated alkanes) is 4. The van der Waals surface area contributed by atoms with E-state index in [1.165, 1.54) is 44.1 Å². The number of benzene rings is 1. The zero-order valence-corrected chi connectivity index (χ0v) is 13.2. The van der Waals surface area contributed by atoms with E-state index in [-0.39, 0.29) is 0 Å². The van der Waals surface area contributed by atoms with Gasteiger partial charge in [-0.1, -0.05) is 69.4 Å². The van der Waals surface area contributed by atoms with E-state index in [0.29, 0.717) is 5.92 Å². The first-order chi connectivity index (χ1) is 9.88. The van der Waals surface area contributed by atoms with Crippen LogP contribution in [0.3, 0.4) is 0 Å². The summed E-state index contributed by atoms with van der Waals surface area (Å²) in [6.45, 7) is 5.06. The summed E-state index contributed by atoms with van der Waals surface area (Å²) in [5, 5.41) is 3.51. The summed E-state index contributed by atoms with van der Waals surface area (Å²) in [6.07, 6.45) is 8.08. The van der Waals surface area contributed by atoms with Gasteiger partial charge in [0.15, 0.2) is 0 Å². The van der Waals surface area contributed by atoms with E-state index >= 15 is 0 Å². The maximum Gasteiger partial charge on any atom is 0.0587 e. The predicted octanol–water partition coefficient (Wildman–Crippen LogP) is 4.37. The third kappa shape index (κ3) is 7.66. The van der Waals surface area contributed by atoms with Crippen LogP contribution >= 0.6 is 0 Å². The van der Waals surface area contributed by atoms with Gasteiger partial charge < -0.3 is 10.1 Å². The zero-order chi connectivity index (χ0) is 14.5. The molecule has 0 aliphatic rings. The third-order valence-corrected chi connectivity index (χ3v) is 3.80. The molecule has 0 saturated heterocycles. The van der Waals surface area contributed by atoms with Crippen LogP contribution in [0, 0.1) is 0 Å². The van der Waals surface area contributed by atoms with Gasteiger partial charge in [0.05, 0.1) is 6.61 Å². The number of hydrogen-bond donors (Lipinski definition) is 1. The fraction of sp³-hybridized carbons (Fsp3) is 0.667. The molecular formula is C18H31NO. The molecule has 0 fully saturated rings. The summed E-state index contributed by atoms with van der Waals surface area (Å²) >= 11 is 0. The Morgan fingerprint density at radius 2 is 1.80 bits per heavy atom. The van der Waals surface area contributed by atoms with Crippen LogP contribution in [-0.2, 0) is 4.74 Å². The molecule has 1 N–H and O–H groups in total. The number of methoxy groups -OCH3 is 1. The average Bonchev–Trinajstić information content (AvgIpc) is 2.50. The van der Waals surface area contributed by atoms with Crippen molar-refractivity contribution < 1.29 is 4.74 Å². The van der Waals surface area contributed by atoms with Crippen LogP contribution in [-0.4, -0.2) is 26.8 Å². The first kappa shape index (κ1) is 17.2. The van der Waals surface area contributed by atoms with E-state index < -0.39 is 0 Å². The quantitative estimate of drug-likeness (QED) is 0.573. The molecule has 114 valence electrons. The Bertz CT molecular complexity index is 312. The standard InChI is InChI=1S/C18H31NO/c1-3-4-5-6-8-13-18(16-19-14-15-20-2)17-11-9-7-10-12-17/h7,9-12,18-19H,3-6,8,13-16H2,1-2H3. The lowest BCUT2D eigenvalue weighted by atomic mass is 9.93. The van der Waals surface area contributed by atoms with Crippen molar-refractivity contribution in [2.45, 2.75) is 51.4 Å². The molecular weight excluding hydrogens is 246 g/mol. The predicted molar refractivity (Wildman–Crippen MR) is 87.3 cm³/mol. The molecule has 1 rings (SSSR count). The maximum absolute atomic E-state index is 5.09. The minimum Gasteiger partial charge on any atom is -0.383 e. The molecule has 1 unspecified atom stereocenters. The first-order valence-corrected chi connectivity index (χ1v) is 8.13. The van der Waals surface area contributed by atoms with Crippen molar-refractivity contribution in [2.24, 2.45) is 0 Å². The van der Waals surface area contributed by atoms with Crippen LogP contribution in [0.5, 0.6) is 0 Å². The van der Waals surface area contributed by atoms with Crippen molar-refractivity contribution in [1.82, 2.24) is 5.32 Å². The van der Waals surface area contributed by atoms with Crippen LogP contribution in [0.15, 0.2) is 30.3 Å². The number of ether oxygens (including phenoxy) is 1. The smallest absolute Gasteiger partial charge is 0.0587 e. The van der Waals surface area contributed by atoms with Gasteiger partial charge in [0.2, 0.25) is 0 Å². The molecule has 0 spiro atoms. The second-order valence-corrected chi connectivity index (χ2v) is 5.51. The second-order valence-electron chi connectivity index (χ2n) is 5.51. The summed E-state index contributed by atoms with van der Waals surface area (Å²) in [6, 6.07) is 10.9. The summed E-state index contributed by atoms with van der Waals surface area (Å²) in [5.74, 6) is 0.634. The molecule has 0 aliphatic heterocycles. The van der Waals surface area contributed by atoms with Crippen molar-refractivity contribution in [1.29, 1.82) is 0 Å². The highest BCUT2D eigenvalue weighted by molar-refractivity contribution is 5.19. The van der Waals surface area contributed by atoms with Crippen molar-refractivity contribution in [3.8, 4) is 0 Å². The van der Waals surface area contributed by atoms with Gasteiger partial charge in [-0.05, 0) is 17.9 Å². The van der Waals surface area contributed by atoms with Gasteiger partial charge in [-0.2, -0.15) is 0 Å². The summed E-state index contributed by atoms with van der Waals surface area (Å²) in [4.78, 5) is 0. The molecule has 0 heterocycles. The Labute approximate surface area is 124 Å². The molecule has 0 saturated carbocycles. The summed E-state index contributed by atoms with van der Waals surface area (Å²) in [5.41, 5.74) is 1.47. The van der Waals surface area contributed by atoms with E-state index in [9.17, 15) is 0 Å². The van der Waals surface area contributed by atoms with E-state index in [0.717, 1.165) is 19.7 Å². The molecule has 20 heavy (non-hydrogen) atoms. The Kier molecular flexibility index (Phi) is 10.3. The van der Waals surface area contributed by atoms with Crippen LogP contribution in [0.4, 0.5) is 0 Å². The molecule has 2 nitrogen and oxygen atoms in total. The van der Waals surface area contributed by atoms with Crippen LogP contribution in [0.1, 0.15) is 56.9 Å². The fourth-order valence-electron chi connectivity index (χ4n) is 2.56. The highest BCUT2D eigenvalue weighted by Gasteiger charge is 2.10. The minimum atomic E-state index is 0.634. The minimum absolute atomic E-state index is 0.634. The monoisotopic (exact) mass is 277 g/mol. The second kappa shape index (κ2) is 11.9. The Hall–Kier alpha value is -0.860. The van der Waals surface area contributed by atoms with Crippen molar-refractivity contribution in [2.75, 3.05) is 26.8 Å². The molecule has 1 aromatic carbocycles. The lowest BCUT2D eigenvalue weighted by Gasteiger charge is -2.18. The molecule has 0 bridgehead atoms. The van der Waals surface area contributed by atoms with Gasteiger partial charge in [-0.25, -0.2) is 0 Å². The molecule has 0 aliphatic carbocycles. The average molecular weight is 277 g/mol. The Morgan fingerprint density at radius 1 is 1.05 bits per heavy atom.